The monoisotopic (exact) mass is 345 g/mol. The van der Waals surface area contributed by atoms with Crippen LogP contribution in [0.25, 0.3) is 28.0 Å². The Hall–Kier alpha value is -3.18. The Morgan fingerprint density at radius 3 is 2.38 bits per heavy atom. The second kappa shape index (κ2) is 6.98. The number of para-hydroxylation sites is 1. The van der Waals surface area contributed by atoms with Gasteiger partial charge in [0.05, 0.1) is 11.1 Å². The van der Waals surface area contributed by atoms with Gasteiger partial charge in [-0.2, -0.15) is 0 Å². The van der Waals surface area contributed by atoms with Gasteiger partial charge < -0.3 is 4.74 Å². The molecule has 0 fully saturated rings. The van der Waals surface area contributed by atoms with Crippen LogP contribution in [0.1, 0.15) is 6.92 Å². The lowest BCUT2D eigenvalue weighted by Gasteiger charge is -2.11. The predicted octanol–water partition coefficient (Wildman–Crippen LogP) is 3.85. The molecule has 130 valence electrons. The van der Waals surface area contributed by atoms with Crippen LogP contribution in [0.15, 0.2) is 77.9 Å². The van der Waals surface area contributed by atoms with E-state index in [1.165, 1.54) is 4.57 Å². The van der Waals surface area contributed by atoms with Gasteiger partial charge in [-0.25, -0.2) is 4.98 Å². The standard InChI is InChI=1S/C21H19N3O2/c1-2-26-15-23-14-22-20-18(21(23)25)13-19(16-9-5-3-6-10-16)24(20)17-11-7-4-8-12-17/h3-14H,2,15H2,1H3. The molecule has 2 aromatic carbocycles. The Morgan fingerprint density at radius 1 is 1.00 bits per heavy atom. The van der Waals surface area contributed by atoms with Gasteiger partial charge in [-0.3, -0.25) is 13.9 Å². The van der Waals surface area contributed by atoms with E-state index in [0.717, 1.165) is 16.9 Å². The van der Waals surface area contributed by atoms with Crippen LogP contribution in [0.3, 0.4) is 0 Å². The molecule has 2 heterocycles. The van der Waals surface area contributed by atoms with Gasteiger partial charge in [0.25, 0.3) is 5.56 Å². The molecular weight excluding hydrogens is 326 g/mol. The summed E-state index contributed by atoms with van der Waals surface area (Å²) in [7, 11) is 0. The third-order valence-corrected chi connectivity index (χ3v) is 4.30. The Balaban J connectivity index is 2.00. The second-order valence-corrected chi connectivity index (χ2v) is 5.95. The van der Waals surface area contributed by atoms with E-state index in [0.29, 0.717) is 17.6 Å². The zero-order valence-corrected chi connectivity index (χ0v) is 14.5. The lowest BCUT2D eigenvalue weighted by atomic mass is 10.1. The first-order valence-corrected chi connectivity index (χ1v) is 8.59. The average molecular weight is 345 g/mol. The summed E-state index contributed by atoms with van der Waals surface area (Å²) in [5.41, 5.74) is 3.48. The van der Waals surface area contributed by atoms with Crippen LogP contribution in [-0.4, -0.2) is 20.7 Å². The number of rotatable bonds is 5. The highest BCUT2D eigenvalue weighted by molar-refractivity contribution is 5.85. The van der Waals surface area contributed by atoms with E-state index >= 15 is 0 Å². The van der Waals surface area contributed by atoms with Crippen molar-refractivity contribution < 1.29 is 4.74 Å². The van der Waals surface area contributed by atoms with Crippen molar-refractivity contribution in [3.63, 3.8) is 0 Å². The van der Waals surface area contributed by atoms with E-state index in [1.54, 1.807) is 6.33 Å². The lowest BCUT2D eigenvalue weighted by molar-refractivity contribution is 0.0850. The second-order valence-electron chi connectivity index (χ2n) is 5.95. The molecule has 0 amide bonds. The van der Waals surface area contributed by atoms with Crippen molar-refractivity contribution in [2.45, 2.75) is 13.7 Å². The van der Waals surface area contributed by atoms with E-state index in [2.05, 4.69) is 4.98 Å². The number of hydrogen-bond donors (Lipinski definition) is 0. The highest BCUT2D eigenvalue weighted by atomic mass is 16.5. The molecule has 0 bridgehead atoms. The van der Waals surface area contributed by atoms with Crippen molar-refractivity contribution in [2.24, 2.45) is 0 Å². The quantitative estimate of drug-likeness (QED) is 0.552. The lowest BCUT2D eigenvalue weighted by Crippen LogP contribution is -2.21. The van der Waals surface area contributed by atoms with Crippen molar-refractivity contribution in [3.8, 4) is 16.9 Å². The van der Waals surface area contributed by atoms with Crippen LogP contribution < -0.4 is 5.56 Å². The number of ether oxygens (including phenoxy) is 1. The largest absolute Gasteiger partial charge is 0.361 e. The van der Waals surface area contributed by atoms with Crippen molar-refractivity contribution in [3.05, 3.63) is 83.4 Å². The first-order valence-electron chi connectivity index (χ1n) is 8.59. The fourth-order valence-corrected chi connectivity index (χ4v) is 3.06. The molecule has 4 rings (SSSR count). The Bertz CT molecular complexity index is 1080. The van der Waals surface area contributed by atoms with Crippen LogP contribution in [0.2, 0.25) is 0 Å². The number of hydrogen-bond acceptors (Lipinski definition) is 3. The molecule has 0 unspecified atom stereocenters. The molecule has 0 saturated carbocycles. The van der Waals surface area contributed by atoms with Gasteiger partial charge in [0, 0.05) is 12.3 Å². The minimum atomic E-state index is -0.102. The number of benzene rings is 2. The van der Waals surface area contributed by atoms with Crippen molar-refractivity contribution >= 4 is 11.0 Å². The summed E-state index contributed by atoms with van der Waals surface area (Å²) in [5.74, 6) is 0. The summed E-state index contributed by atoms with van der Waals surface area (Å²) in [6, 6.07) is 21.9. The summed E-state index contributed by atoms with van der Waals surface area (Å²) < 4.78 is 8.89. The van der Waals surface area contributed by atoms with Crippen LogP contribution in [0.4, 0.5) is 0 Å². The molecule has 0 saturated heterocycles. The van der Waals surface area contributed by atoms with E-state index in [4.69, 9.17) is 4.74 Å². The molecule has 2 aromatic heterocycles. The minimum absolute atomic E-state index is 0.102. The molecule has 0 aliphatic carbocycles. The summed E-state index contributed by atoms with van der Waals surface area (Å²) in [5, 5.41) is 0.579. The third kappa shape index (κ3) is 2.82. The van der Waals surface area contributed by atoms with E-state index < -0.39 is 0 Å². The molecule has 0 aliphatic heterocycles. The minimum Gasteiger partial charge on any atom is -0.361 e. The number of nitrogens with zero attached hydrogens (tertiary/aromatic N) is 3. The highest BCUT2D eigenvalue weighted by Gasteiger charge is 2.16. The van der Waals surface area contributed by atoms with Crippen molar-refractivity contribution in [1.29, 1.82) is 0 Å². The summed E-state index contributed by atoms with van der Waals surface area (Å²) in [6.45, 7) is 2.65. The fraction of sp³-hybridized carbons (Fsp3) is 0.143. The molecule has 0 atom stereocenters. The maximum atomic E-state index is 12.9. The molecule has 0 spiro atoms. The summed E-state index contributed by atoms with van der Waals surface area (Å²) in [6.07, 6.45) is 1.55. The molecule has 26 heavy (non-hydrogen) atoms. The van der Waals surface area contributed by atoms with E-state index in [9.17, 15) is 4.79 Å². The first-order chi connectivity index (χ1) is 12.8. The molecule has 0 N–H and O–H groups in total. The van der Waals surface area contributed by atoms with E-state index in [1.807, 2.05) is 78.2 Å². The van der Waals surface area contributed by atoms with Gasteiger partial charge in [0.15, 0.2) is 5.65 Å². The zero-order valence-electron chi connectivity index (χ0n) is 14.5. The maximum Gasteiger partial charge on any atom is 0.264 e. The number of fused-ring (bicyclic) bond motifs is 1. The number of aromatic nitrogens is 3. The van der Waals surface area contributed by atoms with Crippen molar-refractivity contribution in [1.82, 2.24) is 14.1 Å². The van der Waals surface area contributed by atoms with Crippen LogP contribution in [-0.2, 0) is 11.5 Å². The summed E-state index contributed by atoms with van der Waals surface area (Å²) >= 11 is 0. The Morgan fingerprint density at radius 2 is 1.69 bits per heavy atom. The molecule has 0 radical (unpaired) electrons. The molecule has 5 heteroatoms. The molecule has 4 aromatic rings. The zero-order chi connectivity index (χ0) is 17.9. The van der Waals surface area contributed by atoms with Gasteiger partial charge in [0.1, 0.15) is 13.1 Å². The van der Waals surface area contributed by atoms with Gasteiger partial charge >= 0.3 is 0 Å². The van der Waals surface area contributed by atoms with Crippen LogP contribution in [0, 0.1) is 0 Å². The predicted molar refractivity (Wildman–Crippen MR) is 102 cm³/mol. The van der Waals surface area contributed by atoms with Crippen molar-refractivity contribution in [2.75, 3.05) is 6.61 Å². The van der Waals surface area contributed by atoms with E-state index in [-0.39, 0.29) is 12.3 Å². The van der Waals surface area contributed by atoms with Crippen LogP contribution >= 0.6 is 0 Å². The van der Waals surface area contributed by atoms with Crippen LogP contribution in [0.5, 0.6) is 0 Å². The first kappa shape index (κ1) is 16.3. The highest BCUT2D eigenvalue weighted by Crippen LogP contribution is 2.29. The normalized spacial score (nSPS) is 11.1. The topological polar surface area (TPSA) is 49.0 Å². The summed E-state index contributed by atoms with van der Waals surface area (Å²) in [4.78, 5) is 17.5. The Labute approximate surface area is 151 Å². The SMILES string of the molecule is CCOCn1cnc2c(cc(-c3ccccc3)n2-c2ccccc2)c1=O. The van der Waals surface area contributed by atoms with Gasteiger partial charge in [-0.15, -0.1) is 0 Å². The maximum absolute atomic E-state index is 12.9. The molecule has 5 nitrogen and oxygen atoms in total. The molecule has 0 aliphatic rings. The average Bonchev–Trinajstić information content (AvgIpc) is 3.09. The van der Waals surface area contributed by atoms with Gasteiger partial charge in [-0.05, 0) is 30.7 Å². The fourth-order valence-electron chi connectivity index (χ4n) is 3.06. The Kier molecular flexibility index (Phi) is 4.37. The smallest absolute Gasteiger partial charge is 0.264 e. The molecular formula is C21H19N3O2. The van der Waals surface area contributed by atoms with Gasteiger partial charge in [0.2, 0.25) is 0 Å². The third-order valence-electron chi connectivity index (χ3n) is 4.30. The van der Waals surface area contributed by atoms with Gasteiger partial charge in [-0.1, -0.05) is 48.5 Å².